The second-order valence-corrected chi connectivity index (χ2v) is 8.30. The van der Waals surface area contributed by atoms with Crippen molar-refractivity contribution in [2.24, 2.45) is 11.8 Å². The van der Waals surface area contributed by atoms with Gasteiger partial charge in [0.15, 0.2) is 0 Å². The largest absolute Gasteiger partial charge is 0.459 e. The van der Waals surface area contributed by atoms with Gasteiger partial charge in [-0.15, -0.1) is 0 Å². The summed E-state index contributed by atoms with van der Waals surface area (Å²) in [6.07, 6.45) is -1.23. The van der Waals surface area contributed by atoms with Gasteiger partial charge in [-0.05, 0) is 29.8 Å². The molecule has 1 aliphatic rings. The molecular formula is C28H28O6. The molecule has 0 saturated carbocycles. The van der Waals surface area contributed by atoms with Crippen LogP contribution in [0.4, 0.5) is 0 Å². The van der Waals surface area contributed by atoms with E-state index in [2.05, 4.69) is 0 Å². The van der Waals surface area contributed by atoms with Crippen molar-refractivity contribution in [1.82, 2.24) is 0 Å². The van der Waals surface area contributed by atoms with E-state index in [1.54, 1.807) is 48.5 Å². The summed E-state index contributed by atoms with van der Waals surface area (Å²) in [6, 6.07) is 27.5. The Kier molecular flexibility index (Phi) is 8.07. The van der Waals surface area contributed by atoms with Gasteiger partial charge in [0.05, 0.1) is 24.3 Å². The molecule has 0 aliphatic carbocycles. The minimum atomic E-state index is -0.765. The van der Waals surface area contributed by atoms with Gasteiger partial charge in [0.2, 0.25) is 6.29 Å². The van der Waals surface area contributed by atoms with Crippen LogP contribution in [0.3, 0.4) is 0 Å². The van der Waals surface area contributed by atoms with Gasteiger partial charge < -0.3 is 18.9 Å². The summed E-state index contributed by atoms with van der Waals surface area (Å²) in [7, 11) is 0. The van der Waals surface area contributed by atoms with Crippen LogP contribution in [0.5, 0.6) is 0 Å². The first-order valence-electron chi connectivity index (χ1n) is 11.4. The van der Waals surface area contributed by atoms with Crippen LogP contribution in [-0.4, -0.2) is 37.5 Å². The predicted molar refractivity (Wildman–Crippen MR) is 126 cm³/mol. The molecule has 0 spiro atoms. The van der Waals surface area contributed by atoms with E-state index in [9.17, 15) is 9.59 Å². The van der Waals surface area contributed by atoms with E-state index in [1.165, 1.54) is 0 Å². The second-order valence-electron chi connectivity index (χ2n) is 8.30. The monoisotopic (exact) mass is 460 g/mol. The Labute approximate surface area is 199 Å². The van der Waals surface area contributed by atoms with Crippen LogP contribution in [0.25, 0.3) is 0 Å². The summed E-state index contributed by atoms with van der Waals surface area (Å²) in [5, 5.41) is 0. The van der Waals surface area contributed by atoms with Crippen LogP contribution >= 0.6 is 0 Å². The van der Waals surface area contributed by atoms with Crippen molar-refractivity contribution in [3.63, 3.8) is 0 Å². The molecule has 1 aliphatic heterocycles. The van der Waals surface area contributed by atoms with Gasteiger partial charge in [0, 0.05) is 11.8 Å². The van der Waals surface area contributed by atoms with Gasteiger partial charge in [-0.3, -0.25) is 0 Å². The fourth-order valence-corrected chi connectivity index (χ4v) is 3.94. The first-order chi connectivity index (χ1) is 16.6. The Morgan fingerprint density at radius 3 is 1.94 bits per heavy atom. The Hall–Kier alpha value is -3.48. The third-order valence-electron chi connectivity index (χ3n) is 5.93. The number of rotatable bonds is 9. The van der Waals surface area contributed by atoms with Gasteiger partial charge >= 0.3 is 11.9 Å². The third-order valence-corrected chi connectivity index (χ3v) is 5.93. The van der Waals surface area contributed by atoms with Crippen molar-refractivity contribution in [2.45, 2.75) is 25.9 Å². The third kappa shape index (κ3) is 6.10. The van der Waals surface area contributed by atoms with Crippen molar-refractivity contribution in [3.05, 3.63) is 108 Å². The first kappa shape index (κ1) is 23.7. The normalized spacial score (nSPS) is 21.7. The number of ether oxygens (including phenoxy) is 4. The molecule has 34 heavy (non-hydrogen) atoms. The summed E-state index contributed by atoms with van der Waals surface area (Å²) >= 11 is 0. The molecule has 3 aromatic rings. The van der Waals surface area contributed by atoms with E-state index in [4.69, 9.17) is 18.9 Å². The number of benzene rings is 3. The van der Waals surface area contributed by atoms with E-state index in [0.717, 1.165) is 5.56 Å². The van der Waals surface area contributed by atoms with Gasteiger partial charge in [-0.2, -0.15) is 0 Å². The topological polar surface area (TPSA) is 71.1 Å². The molecule has 0 bridgehead atoms. The minimum Gasteiger partial charge on any atom is -0.459 e. The number of carbonyl (C=O) groups excluding carboxylic acids is 2. The SMILES string of the molecule is CC1[C@H](OC(=O)c2ccccc2)O[C@H](COC(=O)c2ccccc2)[C@@H]1COCc1ccccc1. The summed E-state index contributed by atoms with van der Waals surface area (Å²) in [4.78, 5) is 25.0. The standard InChI is InChI=1S/C28H28O6/c1-20-24(18-31-17-21-11-5-2-6-12-21)25(19-32-26(29)22-13-7-3-8-14-22)33-28(20)34-27(30)23-15-9-4-10-16-23/h2-16,20,24-25,28H,17-19H2,1H3/t20?,24-,25-,28+/m1/s1. The predicted octanol–water partition coefficient (Wildman–Crippen LogP) is 4.89. The van der Waals surface area contributed by atoms with Crippen molar-refractivity contribution in [1.29, 1.82) is 0 Å². The fraction of sp³-hybridized carbons (Fsp3) is 0.286. The maximum absolute atomic E-state index is 12.6. The maximum atomic E-state index is 12.6. The van der Waals surface area contributed by atoms with Crippen molar-refractivity contribution in [3.8, 4) is 0 Å². The number of esters is 2. The lowest BCUT2D eigenvalue weighted by molar-refractivity contribution is -0.124. The smallest absolute Gasteiger partial charge is 0.340 e. The maximum Gasteiger partial charge on any atom is 0.340 e. The van der Waals surface area contributed by atoms with Crippen molar-refractivity contribution < 1.29 is 28.5 Å². The zero-order chi connectivity index (χ0) is 23.8. The molecule has 1 heterocycles. The van der Waals surface area contributed by atoms with E-state index in [0.29, 0.717) is 24.3 Å². The molecule has 3 aromatic carbocycles. The van der Waals surface area contributed by atoms with Crippen LogP contribution in [0.2, 0.25) is 0 Å². The zero-order valence-electron chi connectivity index (χ0n) is 19.0. The molecule has 176 valence electrons. The molecular weight excluding hydrogens is 432 g/mol. The molecule has 0 N–H and O–H groups in total. The number of carbonyl (C=O) groups is 2. The Morgan fingerprint density at radius 1 is 0.765 bits per heavy atom. The summed E-state index contributed by atoms with van der Waals surface area (Å²) in [6.45, 7) is 2.83. The fourth-order valence-electron chi connectivity index (χ4n) is 3.94. The van der Waals surface area contributed by atoms with Crippen LogP contribution < -0.4 is 0 Å². The lowest BCUT2D eigenvalue weighted by Gasteiger charge is -2.20. The number of hydrogen-bond donors (Lipinski definition) is 0. The van der Waals surface area contributed by atoms with Crippen molar-refractivity contribution >= 4 is 11.9 Å². The Bertz CT molecular complexity index is 1050. The van der Waals surface area contributed by atoms with E-state index < -0.39 is 24.3 Å². The molecule has 1 fully saturated rings. The lowest BCUT2D eigenvalue weighted by atomic mass is 9.92. The van der Waals surface area contributed by atoms with Gasteiger partial charge in [-0.1, -0.05) is 73.7 Å². The van der Waals surface area contributed by atoms with Crippen LogP contribution in [0.15, 0.2) is 91.0 Å². The van der Waals surface area contributed by atoms with Crippen LogP contribution in [-0.2, 0) is 25.6 Å². The highest BCUT2D eigenvalue weighted by atomic mass is 16.7. The van der Waals surface area contributed by atoms with E-state index in [1.807, 2.05) is 49.4 Å². The highest BCUT2D eigenvalue weighted by Crippen LogP contribution is 2.34. The van der Waals surface area contributed by atoms with Crippen molar-refractivity contribution in [2.75, 3.05) is 13.2 Å². The summed E-state index contributed by atoms with van der Waals surface area (Å²) in [5.74, 6) is -1.15. The van der Waals surface area contributed by atoms with Crippen LogP contribution in [0.1, 0.15) is 33.2 Å². The average molecular weight is 461 g/mol. The van der Waals surface area contributed by atoms with E-state index in [-0.39, 0.29) is 18.4 Å². The molecule has 6 nitrogen and oxygen atoms in total. The molecule has 1 saturated heterocycles. The molecule has 4 rings (SSSR count). The van der Waals surface area contributed by atoms with Gasteiger partial charge in [-0.25, -0.2) is 9.59 Å². The Balaban J connectivity index is 1.40. The summed E-state index contributed by atoms with van der Waals surface area (Å²) in [5.41, 5.74) is 1.99. The minimum absolute atomic E-state index is 0.0385. The molecule has 4 atom stereocenters. The van der Waals surface area contributed by atoms with Gasteiger partial charge in [0.25, 0.3) is 0 Å². The highest BCUT2D eigenvalue weighted by Gasteiger charge is 2.44. The quantitative estimate of drug-likeness (QED) is 0.423. The zero-order valence-corrected chi connectivity index (χ0v) is 19.0. The molecule has 0 amide bonds. The Morgan fingerprint density at radius 2 is 1.32 bits per heavy atom. The second kappa shape index (κ2) is 11.6. The van der Waals surface area contributed by atoms with E-state index >= 15 is 0 Å². The highest BCUT2D eigenvalue weighted by molar-refractivity contribution is 5.89. The molecule has 0 radical (unpaired) electrons. The lowest BCUT2D eigenvalue weighted by Crippen LogP contribution is -2.30. The number of hydrogen-bond acceptors (Lipinski definition) is 6. The first-order valence-corrected chi connectivity index (χ1v) is 11.4. The van der Waals surface area contributed by atoms with Gasteiger partial charge in [0.1, 0.15) is 12.7 Å². The summed E-state index contributed by atoms with van der Waals surface area (Å²) < 4.78 is 23.2. The average Bonchev–Trinajstić information content (AvgIpc) is 3.18. The van der Waals surface area contributed by atoms with Crippen LogP contribution in [0, 0.1) is 11.8 Å². The molecule has 1 unspecified atom stereocenters. The molecule has 6 heteroatoms. The molecule has 0 aromatic heterocycles.